The van der Waals surface area contributed by atoms with E-state index in [4.69, 9.17) is 4.74 Å². The molecule has 142 valence electrons. The highest BCUT2D eigenvalue weighted by atomic mass is 19.4. The molecule has 0 bridgehead atoms. The lowest BCUT2D eigenvalue weighted by Gasteiger charge is -2.29. The first-order valence-corrected chi connectivity index (χ1v) is 8.56. The van der Waals surface area contributed by atoms with Gasteiger partial charge in [-0.25, -0.2) is 4.98 Å². The molecular weight excluding hydrogens is 369 g/mol. The van der Waals surface area contributed by atoms with Gasteiger partial charge in [-0.15, -0.1) is 0 Å². The average Bonchev–Trinajstić information content (AvgIpc) is 2.67. The van der Waals surface area contributed by atoms with E-state index >= 15 is 0 Å². The molecule has 2 aromatic carbocycles. The van der Waals surface area contributed by atoms with E-state index in [2.05, 4.69) is 10.3 Å². The number of fused-ring (bicyclic) bond motifs is 2. The Bertz CT molecular complexity index is 1020. The average molecular weight is 384 g/mol. The molecule has 2 heterocycles. The van der Waals surface area contributed by atoms with Crippen molar-refractivity contribution in [3.8, 4) is 11.5 Å². The van der Waals surface area contributed by atoms with Crippen LogP contribution >= 0.6 is 0 Å². The zero-order valence-corrected chi connectivity index (χ0v) is 14.7. The second-order valence-corrected chi connectivity index (χ2v) is 6.41. The highest BCUT2D eigenvalue weighted by Gasteiger charge is 2.33. The Hall–Kier alpha value is -3.35. The number of hydrogen-bond donors (Lipinski definition) is 1. The van der Waals surface area contributed by atoms with Gasteiger partial charge in [0, 0.05) is 11.1 Å². The van der Waals surface area contributed by atoms with Crippen molar-refractivity contribution in [2.75, 3.05) is 0 Å². The summed E-state index contributed by atoms with van der Waals surface area (Å²) in [6.07, 6.45) is -4.56. The molecule has 1 amide bonds. The minimum Gasteiger partial charge on any atom is -0.457 e. The summed E-state index contributed by atoms with van der Waals surface area (Å²) in [4.78, 5) is 16.4. The second kappa shape index (κ2) is 6.67. The van der Waals surface area contributed by atoms with Crippen molar-refractivity contribution in [2.45, 2.75) is 19.1 Å². The normalized spacial score (nSPS) is 13.3. The maximum atomic E-state index is 12.8. The molecule has 4 nitrogen and oxygen atoms in total. The molecular formula is C21H15F3N2O2. The molecule has 0 spiro atoms. The predicted molar refractivity (Wildman–Crippen MR) is 96.2 cm³/mol. The number of ether oxygens (including phenoxy) is 1. The number of carbonyl (C=O) groups excluding carboxylic acids is 1. The lowest BCUT2D eigenvalue weighted by atomic mass is 9.94. The van der Waals surface area contributed by atoms with Crippen LogP contribution in [0.15, 0.2) is 60.7 Å². The monoisotopic (exact) mass is 384 g/mol. The number of nitrogens with one attached hydrogen (secondary N) is 1. The van der Waals surface area contributed by atoms with Gasteiger partial charge in [0.1, 0.15) is 17.2 Å². The fourth-order valence-electron chi connectivity index (χ4n) is 3.23. The Morgan fingerprint density at radius 1 is 0.964 bits per heavy atom. The maximum Gasteiger partial charge on any atom is 0.433 e. The van der Waals surface area contributed by atoms with E-state index in [-0.39, 0.29) is 11.3 Å². The number of alkyl halides is 3. The van der Waals surface area contributed by atoms with Gasteiger partial charge in [-0.05, 0) is 31.2 Å². The van der Waals surface area contributed by atoms with Crippen molar-refractivity contribution in [1.82, 2.24) is 10.3 Å². The van der Waals surface area contributed by atoms with Crippen molar-refractivity contribution in [2.24, 2.45) is 0 Å². The van der Waals surface area contributed by atoms with Crippen LogP contribution in [0.25, 0.3) is 0 Å². The summed E-state index contributed by atoms with van der Waals surface area (Å²) in [6.45, 7) is 1.38. The van der Waals surface area contributed by atoms with Crippen LogP contribution in [0, 0.1) is 6.92 Å². The van der Waals surface area contributed by atoms with Crippen LogP contribution in [0.2, 0.25) is 0 Å². The maximum absolute atomic E-state index is 12.8. The second-order valence-electron chi connectivity index (χ2n) is 6.41. The number of para-hydroxylation sites is 2. The predicted octanol–water partition coefficient (Wildman–Crippen LogP) is 5.03. The van der Waals surface area contributed by atoms with E-state index in [1.54, 1.807) is 12.1 Å². The minimum absolute atomic E-state index is 0.0148. The summed E-state index contributed by atoms with van der Waals surface area (Å²) in [6, 6.07) is 16.1. The van der Waals surface area contributed by atoms with E-state index < -0.39 is 23.8 Å². The lowest BCUT2D eigenvalue weighted by Crippen LogP contribution is -2.32. The van der Waals surface area contributed by atoms with Gasteiger partial charge in [0.25, 0.3) is 5.91 Å². The van der Waals surface area contributed by atoms with Gasteiger partial charge in [0.2, 0.25) is 0 Å². The van der Waals surface area contributed by atoms with Gasteiger partial charge >= 0.3 is 6.18 Å². The molecule has 1 aliphatic heterocycles. The highest BCUT2D eigenvalue weighted by Crippen LogP contribution is 2.42. The van der Waals surface area contributed by atoms with Crippen LogP contribution in [0.5, 0.6) is 11.5 Å². The first kappa shape index (κ1) is 18.0. The third-order valence-electron chi connectivity index (χ3n) is 4.58. The number of benzene rings is 2. The number of pyridine rings is 1. The number of halogens is 3. The van der Waals surface area contributed by atoms with E-state index in [1.165, 1.54) is 6.92 Å². The summed E-state index contributed by atoms with van der Waals surface area (Å²) in [5.41, 5.74) is 0.623. The SMILES string of the molecule is Cc1nc(C(F)(F)F)ccc1C(=O)NC1c2ccccc2Oc2ccccc21. The number of nitrogens with zero attached hydrogens (tertiary/aromatic N) is 1. The molecule has 4 rings (SSSR count). The van der Waals surface area contributed by atoms with Crippen LogP contribution in [0.1, 0.15) is 38.9 Å². The van der Waals surface area contributed by atoms with Crippen LogP contribution in [0.4, 0.5) is 13.2 Å². The molecule has 1 aromatic heterocycles. The standard InChI is InChI=1S/C21H15F3N2O2/c1-12-13(10-11-18(25-12)21(22,23)24)20(27)26-19-14-6-2-4-8-16(14)28-17-9-5-3-7-15(17)19/h2-11,19H,1H3,(H,26,27). The molecule has 0 fully saturated rings. The largest absolute Gasteiger partial charge is 0.457 e. The Labute approximate surface area is 159 Å². The van der Waals surface area contributed by atoms with Gasteiger partial charge in [0.15, 0.2) is 0 Å². The quantitative estimate of drug-likeness (QED) is 0.674. The topological polar surface area (TPSA) is 51.2 Å². The van der Waals surface area contributed by atoms with Crippen LogP contribution < -0.4 is 10.1 Å². The minimum atomic E-state index is -4.56. The van der Waals surface area contributed by atoms with E-state index in [0.717, 1.165) is 23.3 Å². The van der Waals surface area contributed by atoms with Gasteiger partial charge in [0.05, 0.1) is 17.3 Å². The number of hydrogen-bond acceptors (Lipinski definition) is 3. The van der Waals surface area contributed by atoms with E-state index in [9.17, 15) is 18.0 Å². The summed E-state index contributed by atoms with van der Waals surface area (Å²) in [7, 11) is 0. The molecule has 1 N–H and O–H groups in total. The number of rotatable bonds is 2. The summed E-state index contributed by atoms with van der Waals surface area (Å²) < 4.78 is 44.4. The van der Waals surface area contributed by atoms with Crippen molar-refractivity contribution < 1.29 is 22.7 Å². The lowest BCUT2D eigenvalue weighted by molar-refractivity contribution is -0.141. The van der Waals surface area contributed by atoms with E-state index in [1.807, 2.05) is 36.4 Å². The van der Waals surface area contributed by atoms with E-state index in [0.29, 0.717) is 11.5 Å². The molecule has 0 atom stereocenters. The molecule has 0 saturated heterocycles. The molecule has 7 heteroatoms. The first-order chi connectivity index (χ1) is 13.3. The zero-order valence-electron chi connectivity index (χ0n) is 14.7. The molecule has 0 aliphatic carbocycles. The Balaban J connectivity index is 1.69. The number of aromatic nitrogens is 1. The van der Waals surface area contributed by atoms with Crippen molar-refractivity contribution in [3.05, 3.63) is 88.7 Å². The Morgan fingerprint density at radius 2 is 1.54 bits per heavy atom. The molecule has 0 radical (unpaired) electrons. The van der Waals surface area contributed by atoms with Gasteiger partial charge < -0.3 is 10.1 Å². The summed E-state index contributed by atoms with van der Waals surface area (Å²) in [5.74, 6) is 0.734. The fourth-order valence-corrected chi connectivity index (χ4v) is 3.23. The summed E-state index contributed by atoms with van der Waals surface area (Å²) in [5, 5.41) is 2.91. The van der Waals surface area contributed by atoms with Crippen molar-refractivity contribution in [3.63, 3.8) is 0 Å². The molecule has 1 aliphatic rings. The molecule has 0 saturated carbocycles. The van der Waals surface area contributed by atoms with Crippen LogP contribution in [-0.2, 0) is 6.18 Å². The first-order valence-electron chi connectivity index (χ1n) is 8.56. The van der Waals surface area contributed by atoms with Gasteiger partial charge in [-0.3, -0.25) is 4.79 Å². The number of carbonyl (C=O) groups is 1. The van der Waals surface area contributed by atoms with Gasteiger partial charge in [-0.2, -0.15) is 13.2 Å². The van der Waals surface area contributed by atoms with Gasteiger partial charge in [-0.1, -0.05) is 36.4 Å². The Morgan fingerprint density at radius 3 is 2.07 bits per heavy atom. The third-order valence-corrected chi connectivity index (χ3v) is 4.58. The summed E-state index contributed by atoms with van der Waals surface area (Å²) >= 11 is 0. The highest BCUT2D eigenvalue weighted by molar-refractivity contribution is 5.95. The van der Waals surface area contributed by atoms with Crippen molar-refractivity contribution >= 4 is 5.91 Å². The molecule has 0 unspecified atom stereocenters. The number of aryl methyl sites for hydroxylation is 1. The molecule has 28 heavy (non-hydrogen) atoms. The van der Waals surface area contributed by atoms with Crippen LogP contribution in [-0.4, -0.2) is 10.9 Å². The smallest absolute Gasteiger partial charge is 0.433 e. The van der Waals surface area contributed by atoms with Crippen LogP contribution in [0.3, 0.4) is 0 Å². The third kappa shape index (κ3) is 3.19. The fraction of sp³-hybridized carbons (Fsp3) is 0.143. The Kier molecular flexibility index (Phi) is 4.30. The molecule has 3 aromatic rings. The van der Waals surface area contributed by atoms with Crippen molar-refractivity contribution in [1.29, 1.82) is 0 Å². The number of amides is 1. The zero-order chi connectivity index (χ0) is 19.9.